The van der Waals surface area contributed by atoms with Gasteiger partial charge in [-0.25, -0.2) is 5.01 Å². The summed E-state index contributed by atoms with van der Waals surface area (Å²) in [6.07, 6.45) is 1.08. The number of nitrogens with one attached hydrogen (secondary N) is 1. The SMILES string of the molecule is CN1CCN(Cc2cccc(CNC(=O)CCC(=O)N3CCC(c4ccccc4)=N3)c2)CC1. The summed E-state index contributed by atoms with van der Waals surface area (Å²) in [7, 11) is 2.16. The highest BCUT2D eigenvalue weighted by atomic mass is 16.2. The summed E-state index contributed by atoms with van der Waals surface area (Å²) in [5.41, 5.74) is 4.31. The number of likely N-dealkylation sites (N-methyl/N-ethyl adjacent to an activating group) is 1. The van der Waals surface area contributed by atoms with Gasteiger partial charge in [-0.2, -0.15) is 5.10 Å². The number of hydrogen-bond donors (Lipinski definition) is 1. The lowest BCUT2D eigenvalue weighted by atomic mass is 10.1. The molecule has 4 rings (SSSR count). The molecule has 2 aliphatic rings. The van der Waals surface area contributed by atoms with Crippen LogP contribution in [0.15, 0.2) is 59.7 Å². The molecule has 1 N–H and O–H groups in total. The highest BCUT2D eigenvalue weighted by Gasteiger charge is 2.22. The van der Waals surface area contributed by atoms with Crippen molar-refractivity contribution in [2.45, 2.75) is 32.4 Å². The number of piperazine rings is 1. The maximum Gasteiger partial charge on any atom is 0.243 e. The van der Waals surface area contributed by atoms with Gasteiger partial charge in [-0.3, -0.25) is 14.5 Å². The van der Waals surface area contributed by atoms with Gasteiger partial charge < -0.3 is 10.2 Å². The zero-order valence-corrected chi connectivity index (χ0v) is 19.4. The Morgan fingerprint density at radius 3 is 2.45 bits per heavy atom. The standard InChI is InChI=1S/C26H33N5O2/c1-29-14-16-30(17-15-29)20-22-7-5-6-21(18-22)19-27-25(32)10-11-26(33)31-13-12-24(28-31)23-8-3-2-4-9-23/h2-9,18H,10-17,19-20H2,1H3,(H,27,32). The summed E-state index contributed by atoms with van der Waals surface area (Å²) in [6.45, 7) is 6.36. The number of hydrogen-bond acceptors (Lipinski definition) is 5. The molecule has 7 nitrogen and oxygen atoms in total. The molecule has 2 aromatic carbocycles. The van der Waals surface area contributed by atoms with Crippen LogP contribution in [0.1, 0.15) is 36.0 Å². The van der Waals surface area contributed by atoms with Crippen LogP contribution in [0.5, 0.6) is 0 Å². The third-order valence-electron chi connectivity index (χ3n) is 6.25. The normalized spacial score (nSPS) is 17.1. The minimum atomic E-state index is -0.112. The minimum Gasteiger partial charge on any atom is -0.352 e. The van der Waals surface area contributed by atoms with Crippen molar-refractivity contribution in [2.75, 3.05) is 39.8 Å². The first-order valence-corrected chi connectivity index (χ1v) is 11.8. The van der Waals surface area contributed by atoms with E-state index in [0.29, 0.717) is 13.1 Å². The molecule has 0 unspecified atom stereocenters. The van der Waals surface area contributed by atoms with Crippen LogP contribution in [0.2, 0.25) is 0 Å². The van der Waals surface area contributed by atoms with E-state index >= 15 is 0 Å². The number of benzene rings is 2. The topological polar surface area (TPSA) is 68.2 Å². The van der Waals surface area contributed by atoms with Crippen molar-refractivity contribution >= 4 is 17.5 Å². The number of carbonyl (C=O) groups excluding carboxylic acids is 2. The van der Waals surface area contributed by atoms with E-state index in [9.17, 15) is 9.59 Å². The second-order valence-corrected chi connectivity index (χ2v) is 8.86. The second-order valence-electron chi connectivity index (χ2n) is 8.86. The molecule has 0 aliphatic carbocycles. The Balaban J connectivity index is 1.20. The van der Waals surface area contributed by atoms with E-state index in [1.165, 1.54) is 10.6 Å². The lowest BCUT2D eigenvalue weighted by Crippen LogP contribution is -2.43. The van der Waals surface area contributed by atoms with Gasteiger partial charge in [0.1, 0.15) is 0 Å². The van der Waals surface area contributed by atoms with Gasteiger partial charge in [-0.1, -0.05) is 54.6 Å². The smallest absolute Gasteiger partial charge is 0.243 e. The number of amides is 2. The Morgan fingerprint density at radius 1 is 0.909 bits per heavy atom. The molecule has 0 atom stereocenters. The Bertz CT molecular complexity index is 983. The summed E-state index contributed by atoms with van der Waals surface area (Å²) in [5, 5.41) is 8.90. The minimum absolute atomic E-state index is 0.106. The van der Waals surface area contributed by atoms with E-state index in [-0.39, 0.29) is 24.7 Å². The van der Waals surface area contributed by atoms with Crippen molar-refractivity contribution in [1.29, 1.82) is 0 Å². The van der Waals surface area contributed by atoms with E-state index in [1.807, 2.05) is 42.5 Å². The molecule has 2 amide bonds. The Morgan fingerprint density at radius 2 is 1.67 bits per heavy atom. The fourth-order valence-electron chi connectivity index (χ4n) is 4.21. The van der Waals surface area contributed by atoms with E-state index in [0.717, 1.165) is 56.0 Å². The molecular weight excluding hydrogens is 414 g/mol. The number of hydrazone groups is 1. The monoisotopic (exact) mass is 447 g/mol. The van der Waals surface area contributed by atoms with Gasteiger partial charge >= 0.3 is 0 Å². The quantitative estimate of drug-likeness (QED) is 0.675. The lowest BCUT2D eigenvalue weighted by molar-refractivity contribution is -0.133. The molecule has 0 aromatic heterocycles. The summed E-state index contributed by atoms with van der Waals surface area (Å²) in [4.78, 5) is 29.6. The highest BCUT2D eigenvalue weighted by molar-refractivity contribution is 6.02. The summed E-state index contributed by atoms with van der Waals surface area (Å²) < 4.78 is 0. The first-order chi connectivity index (χ1) is 16.1. The van der Waals surface area contributed by atoms with E-state index < -0.39 is 0 Å². The average Bonchev–Trinajstić information content (AvgIpc) is 3.34. The Kier molecular flexibility index (Phi) is 7.86. The first kappa shape index (κ1) is 23.1. The Hall–Kier alpha value is -3.03. The summed E-state index contributed by atoms with van der Waals surface area (Å²) >= 11 is 0. The number of carbonyl (C=O) groups is 2. The van der Waals surface area contributed by atoms with Crippen molar-refractivity contribution in [3.63, 3.8) is 0 Å². The van der Waals surface area contributed by atoms with Crippen LogP contribution < -0.4 is 5.32 Å². The molecule has 0 saturated carbocycles. The van der Waals surface area contributed by atoms with Crippen molar-refractivity contribution in [3.05, 3.63) is 71.3 Å². The van der Waals surface area contributed by atoms with Gasteiger partial charge in [0.25, 0.3) is 0 Å². The summed E-state index contributed by atoms with van der Waals surface area (Å²) in [6, 6.07) is 18.3. The molecule has 0 bridgehead atoms. The van der Waals surface area contributed by atoms with Crippen molar-refractivity contribution in [2.24, 2.45) is 5.10 Å². The van der Waals surface area contributed by atoms with Crippen LogP contribution in [0.4, 0.5) is 0 Å². The zero-order chi connectivity index (χ0) is 23.0. The molecule has 174 valence electrons. The fourth-order valence-corrected chi connectivity index (χ4v) is 4.21. The van der Waals surface area contributed by atoms with Crippen LogP contribution in [0.25, 0.3) is 0 Å². The van der Waals surface area contributed by atoms with E-state index in [4.69, 9.17) is 0 Å². The van der Waals surface area contributed by atoms with Crippen LogP contribution in [0.3, 0.4) is 0 Å². The third kappa shape index (κ3) is 6.73. The molecule has 1 saturated heterocycles. The van der Waals surface area contributed by atoms with Crippen LogP contribution in [-0.2, 0) is 22.7 Å². The summed E-state index contributed by atoms with van der Waals surface area (Å²) in [5.74, 6) is -0.218. The van der Waals surface area contributed by atoms with E-state index in [1.54, 1.807) is 0 Å². The molecule has 0 spiro atoms. The van der Waals surface area contributed by atoms with Crippen LogP contribution >= 0.6 is 0 Å². The van der Waals surface area contributed by atoms with Gasteiger partial charge in [0, 0.05) is 58.5 Å². The van der Waals surface area contributed by atoms with Crippen molar-refractivity contribution < 1.29 is 9.59 Å². The Labute approximate surface area is 196 Å². The molecule has 33 heavy (non-hydrogen) atoms. The van der Waals surface area contributed by atoms with Crippen LogP contribution in [-0.4, -0.2) is 72.1 Å². The zero-order valence-electron chi connectivity index (χ0n) is 19.4. The first-order valence-electron chi connectivity index (χ1n) is 11.8. The lowest BCUT2D eigenvalue weighted by Gasteiger charge is -2.32. The maximum absolute atomic E-state index is 12.5. The molecule has 7 heteroatoms. The van der Waals surface area contributed by atoms with Gasteiger partial charge in [0.15, 0.2) is 0 Å². The van der Waals surface area contributed by atoms with E-state index in [2.05, 4.69) is 39.4 Å². The fraction of sp³-hybridized carbons (Fsp3) is 0.423. The molecular formula is C26H33N5O2. The predicted octanol–water partition coefficient (Wildman–Crippen LogP) is 2.47. The molecule has 2 aromatic rings. The van der Waals surface area contributed by atoms with Gasteiger partial charge in [-0.05, 0) is 23.7 Å². The molecule has 1 fully saturated rings. The van der Waals surface area contributed by atoms with Gasteiger partial charge in [0.05, 0.1) is 12.3 Å². The second kappa shape index (κ2) is 11.2. The molecule has 2 heterocycles. The third-order valence-corrected chi connectivity index (χ3v) is 6.25. The molecule has 0 radical (unpaired) electrons. The number of rotatable bonds is 8. The van der Waals surface area contributed by atoms with Crippen LogP contribution in [0, 0.1) is 0 Å². The number of nitrogens with zero attached hydrogens (tertiary/aromatic N) is 4. The maximum atomic E-state index is 12.5. The highest BCUT2D eigenvalue weighted by Crippen LogP contribution is 2.15. The largest absolute Gasteiger partial charge is 0.352 e. The van der Waals surface area contributed by atoms with Crippen molar-refractivity contribution in [3.8, 4) is 0 Å². The van der Waals surface area contributed by atoms with Crippen molar-refractivity contribution in [1.82, 2.24) is 20.1 Å². The average molecular weight is 448 g/mol. The van der Waals surface area contributed by atoms with Gasteiger partial charge in [0.2, 0.25) is 11.8 Å². The molecule has 2 aliphatic heterocycles. The van der Waals surface area contributed by atoms with Gasteiger partial charge in [-0.15, -0.1) is 0 Å². The predicted molar refractivity (Wildman–Crippen MR) is 130 cm³/mol.